The van der Waals surface area contributed by atoms with E-state index in [0.29, 0.717) is 17.3 Å². The Morgan fingerprint density at radius 1 is 0.606 bits per heavy atom. The normalized spacial score (nSPS) is 14.9. The van der Waals surface area contributed by atoms with Gasteiger partial charge in [0.25, 0.3) is 5.91 Å². The zero-order valence-electron chi connectivity index (χ0n) is 17.6. The zero-order chi connectivity index (χ0) is 22.4. The van der Waals surface area contributed by atoms with Gasteiger partial charge in [0.15, 0.2) is 5.71 Å². The van der Waals surface area contributed by atoms with Crippen LogP contribution in [-0.2, 0) is 11.3 Å². The van der Waals surface area contributed by atoms with E-state index in [-0.39, 0.29) is 5.91 Å². The van der Waals surface area contributed by atoms with Gasteiger partial charge in [-0.15, -0.1) is 10.2 Å². The molecule has 0 atom stereocenters. The van der Waals surface area contributed by atoms with Gasteiger partial charge in [-0.2, -0.15) is 0 Å². The van der Waals surface area contributed by atoms with Gasteiger partial charge < -0.3 is 4.90 Å². The third-order valence-electron chi connectivity index (χ3n) is 6.09. The molecule has 0 radical (unpaired) electrons. The van der Waals surface area contributed by atoms with E-state index in [1.54, 1.807) is 4.90 Å². The molecule has 2 aliphatic rings. The Kier molecular flexibility index (Phi) is 4.67. The molecule has 1 amide bonds. The SMILES string of the molecule is O=C1/C(=N\N=C2c3ccccc3-c3ccccc32)c2ccccc2N1Cc1ccccc1Cl. The maximum Gasteiger partial charge on any atom is 0.279 e. The third-order valence-corrected chi connectivity index (χ3v) is 6.46. The first-order chi connectivity index (χ1) is 16.2. The molecule has 0 N–H and O–H groups in total. The number of hydrogen-bond acceptors (Lipinski definition) is 3. The van der Waals surface area contributed by atoms with Crippen LogP contribution in [0.5, 0.6) is 0 Å². The molecule has 158 valence electrons. The van der Waals surface area contributed by atoms with E-state index in [1.165, 1.54) is 0 Å². The molecular weight excluding hydrogens is 430 g/mol. The first kappa shape index (κ1) is 19.6. The fourth-order valence-corrected chi connectivity index (χ4v) is 4.71. The summed E-state index contributed by atoms with van der Waals surface area (Å²) < 4.78 is 0. The summed E-state index contributed by atoms with van der Waals surface area (Å²) in [5.74, 6) is -0.181. The van der Waals surface area contributed by atoms with Crippen LogP contribution in [-0.4, -0.2) is 17.3 Å². The first-order valence-electron chi connectivity index (χ1n) is 10.7. The molecule has 0 saturated heterocycles. The number of amides is 1. The molecule has 0 fully saturated rings. The van der Waals surface area contributed by atoms with Crippen molar-refractivity contribution in [3.63, 3.8) is 0 Å². The number of para-hydroxylation sites is 1. The van der Waals surface area contributed by atoms with Crippen LogP contribution in [0.2, 0.25) is 5.02 Å². The number of fused-ring (bicyclic) bond motifs is 4. The van der Waals surface area contributed by atoms with Crippen LogP contribution in [0.15, 0.2) is 107 Å². The smallest absolute Gasteiger partial charge is 0.279 e. The lowest BCUT2D eigenvalue weighted by molar-refractivity contribution is -0.112. The summed E-state index contributed by atoms with van der Waals surface area (Å²) in [6.07, 6.45) is 0. The van der Waals surface area contributed by atoms with Crippen molar-refractivity contribution >= 4 is 34.6 Å². The largest absolute Gasteiger partial charge is 0.302 e. The van der Waals surface area contributed by atoms with Crippen molar-refractivity contribution in [1.29, 1.82) is 0 Å². The summed E-state index contributed by atoms with van der Waals surface area (Å²) in [5, 5.41) is 9.78. The molecule has 4 aromatic carbocycles. The number of benzene rings is 4. The van der Waals surface area contributed by atoms with Crippen LogP contribution in [0.1, 0.15) is 22.3 Å². The Morgan fingerprint density at radius 2 is 1.12 bits per heavy atom. The Morgan fingerprint density at radius 3 is 1.79 bits per heavy atom. The Hall–Kier alpha value is -4.02. The van der Waals surface area contributed by atoms with Gasteiger partial charge in [0.1, 0.15) is 5.71 Å². The number of halogens is 1. The predicted octanol–water partition coefficient (Wildman–Crippen LogP) is 6.11. The second kappa shape index (κ2) is 7.84. The number of nitrogens with zero attached hydrogens (tertiary/aromatic N) is 3. The maximum atomic E-state index is 13.5. The van der Waals surface area contributed by atoms with E-state index < -0.39 is 0 Å². The van der Waals surface area contributed by atoms with Crippen LogP contribution in [0.25, 0.3) is 11.1 Å². The van der Waals surface area contributed by atoms with Crippen LogP contribution < -0.4 is 4.90 Å². The fourth-order valence-electron chi connectivity index (χ4n) is 4.51. The Balaban J connectivity index is 1.44. The third kappa shape index (κ3) is 3.19. The standard InChI is InChI=1S/C28H18ClN3O/c29-24-15-7-1-9-18(24)17-32-25-16-8-6-14-23(25)27(28(32)33)31-30-26-21-12-4-2-10-19(21)20-11-3-5-13-22(20)26/h1-16H,17H2/b31-27-. The number of carbonyl (C=O) groups is 1. The minimum atomic E-state index is -0.181. The van der Waals surface area contributed by atoms with E-state index >= 15 is 0 Å². The average molecular weight is 448 g/mol. The molecule has 0 aromatic heterocycles. The second-order valence-electron chi connectivity index (χ2n) is 7.99. The number of carbonyl (C=O) groups excluding carboxylic acids is 1. The quantitative estimate of drug-likeness (QED) is 0.308. The van der Waals surface area contributed by atoms with Crippen molar-refractivity contribution < 1.29 is 4.79 Å². The van der Waals surface area contributed by atoms with Gasteiger partial charge in [-0.1, -0.05) is 96.5 Å². The van der Waals surface area contributed by atoms with Gasteiger partial charge in [0.2, 0.25) is 0 Å². The van der Waals surface area contributed by atoms with Crippen LogP contribution >= 0.6 is 11.6 Å². The minimum absolute atomic E-state index is 0.181. The summed E-state index contributed by atoms with van der Waals surface area (Å²) in [4.78, 5) is 15.2. The second-order valence-corrected chi connectivity index (χ2v) is 8.40. The molecule has 0 spiro atoms. The van der Waals surface area contributed by atoms with Gasteiger partial charge in [0.05, 0.1) is 12.2 Å². The minimum Gasteiger partial charge on any atom is -0.302 e. The Labute approximate surface area is 196 Å². The topological polar surface area (TPSA) is 45.0 Å². The zero-order valence-corrected chi connectivity index (χ0v) is 18.3. The van der Waals surface area contributed by atoms with Crippen molar-refractivity contribution in [3.8, 4) is 11.1 Å². The highest BCUT2D eigenvalue weighted by molar-refractivity contribution is 6.54. The summed E-state index contributed by atoms with van der Waals surface area (Å²) in [6.45, 7) is 0.372. The average Bonchev–Trinajstić information content (AvgIpc) is 3.31. The predicted molar refractivity (Wildman–Crippen MR) is 133 cm³/mol. The maximum absolute atomic E-state index is 13.5. The van der Waals surface area contributed by atoms with Gasteiger partial charge in [-0.3, -0.25) is 4.79 Å². The molecule has 1 aliphatic carbocycles. The summed E-state index contributed by atoms with van der Waals surface area (Å²) >= 11 is 6.37. The summed E-state index contributed by atoms with van der Waals surface area (Å²) in [6, 6.07) is 31.5. The van der Waals surface area contributed by atoms with Crippen molar-refractivity contribution in [1.82, 2.24) is 0 Å². The van der Waals surface area contributed by atoms with Gasteiger partial charge in [-0.05, 0) is 28.8 Å². The molecule has 0 bridgehead atoms. The van der Waals surface area contributed by atoms with E-state index in [1.807, 2.05) is 84.9 Å². The highest BCUT2D eigenvalue weighted by Crippen LogP contribution is 2.37. The molecule has 0 unspecified atom stereocenters. The molecule has 4 nitrogen and oxygen atoms in total. The van der Waals surface area contributed by atoms with Crippen molar-refractivity contribution in [3.05, 3.63) is 124 Å². The molecule has 0 saturated carbocycles. The molecule has 4 aromatic rings. The fraction of sp³-hybridized carbons (Fsp3) is 0.0357. The van der Waals surface area contributed by atoms with E-state index in [0.717, 1.165) is 44.8 Å². The number of rotatable bonds is 3. The molecule has 33 heavy (non-hydrogen) atoms. The highest BCUT2D eigenvalue weighted by Gasteiger charge is 2.34. The highest BCUT2D eigenvalue weighted by atomic mass is 35.5. The van der Waals surface area contributed by atoms with Gasteiger partial charge in [0, 0.05) is 21.7 Å². The number of anilines is 1. The summed E-state index contributed by atoms with van der Waals surface area (Å²) in [5.41, 5.74) is 7.90. The molecule has 1 heterocycles. The lowest BCUT2D eigenvalue weighted by Gasteiger charge is -2.17. The van der Waals surface area contributed by atoms with Crippen molar-refractivity contribution in [2.24, 2.45) is 10.2 Å². The van der Waals surface area contributed by atoms with Crippen LogP contribution in [0, 0.1) is 0 Å². The molecule has 1 aliphatic heterocycles. The number of hydrogen-bond donors (Lipinski definition) is 0. The van der Waals surface area contributed by atoms with Crippen molar-refractivity contribution in [2.45, 2.75) is 6.54 Å². The lowest BCUT2D eigenvalue weighted by atomic mass is 10.1. The van der Waals surface area contributed by atoms with E-state index in [9.17, 15) is 4.79 Å². The first-order valence-corrected chi connectivity index (χ1v) is 11.1. The van der Waals surface area contributed by atoms with E-state index in [4.69, 9.17) is 11.6 Å². The molecule has 5 heteroatoms. The van der Waals surface area contributed by atoms with Gasteiger partial charge >= 0.3 is 0 Å². The van der Waals surface area contributed by atoms with Gasteiger partial charge in [-0.25, -0.2) is 0 Å². The van der Waals surface area contributed by atoms with E-state index in [2.05, 4.69) is 22.3 Å². The lowest BCUT2D eigenvalue weighted by Crippen LogP contribution is -2.29. The van der Waals surface area contributed by atoms with Crippen LogP contribution in [0.3, 0.4) is 0 Å². The molecule has 6 rings (SSSR count). The van der Waals surface area contributed by atoms with Crippen LogP contribution in [0.4, 0.5) is 5.69 Å². The summed E-state index contributed by atoms with van der Waals surface area (Å²) in [7, 11) is 0. The molecular formula is C28H18ClN3O. The Bertz CT molecular complexity index is 1440. The monoisotopic (exact) mass is 447 g/mol. The van der Waals surface area contributed by atoms with Crippen molar-refractivity contribution in [2.75, 3.05) is 4.90 Å².